The summed E-state index contributed by atoms with van der Waals surface area (Å²) in [6, 6.07) is 5.29. The molecular formula is C13H17Br2F. The predicted molar refractivity (Wildman–Crippen MR) is 74.5 cm³/mol. The topological polar surface area (TPSA) is 0 Å². The van der Waals surface area contributed by atoms with Crippen molar-refractivity contribution in [2.24, 2.45) is 11.3 Å². The first-order chi connectivity index (χ1) is 7.39. The van der Waals surface area contributed by atoms with E-state index < -0.39 is 0 Å². The summed E-state index contributed by atoms with van der Waals surface area (Å²) in [6.45, 7) is 6.55. The van der Waals surface area contributed by atoms with Gasteiger partial charge in [-0.05, 0) is 35.4 Å². The van der Waals surface area contributed by atoms with E-state index in [1.807, 2.05) is 12.1 Å². The molecule has 0 nitrogen and oxygen atoms in total. The van der Waals surface area contributed by atoms with E-state index in [1.54, 1.807) is 0 Å². The van der Waals surface area contributed by atoms with E-state index >= 15 is 0 Å². The van der Waals surface area contributed by atoms with Crippen LogP contribution >= 0.6 is 31.9 Å². The number of halogens is 3. The summed E-state index contributed by atoms with van der Waals surface area (Å²) in [5, 5.41) is 0.882. The summed E-state index contributed by atoms with van der Waals surface area (Å²) in [7, 11) is 0. The van der Waals surface area contributed by atoms with Gasteiger partial charge in [-0.25, -0.2) is 4.39 Å². The molecule has 0 aromatic heterocycles. The van der Waals surface area contributed by atoms with Crippen LogP contribution in [0.3, 0.4) is 0 Å². The SMILES string of the molecule is CC(C)C(C)(CBr)Cc1ccc(Br)cc1F. The van der Waals surface area contributed by atoms with Gasteiger partial charge in [-0.3, -0.25) is 0 Å². The van der Waals surface area contributed by atoms with E-state index in [0.717, 1.165) is 21.8 Å². The Balaban J connectivity index is 2.95. The maximum Gasteiger partial charge on any atom is 0.127 e. The van der Waals surface area contributed by atoms with E-state index in [2.05, 4.69) is 52.6 Å². The Kier molecular flexibility index (Phi) is 4.99. The maximum absolute atomic E-state index is 13.7. The van der Waals surface area contributed by atoms with Gasteiger partial charge in [0.1, 0.15) is 5.82 Å². The zero-order chi connectivity index (χ0) is 12.3. The lowest BCUT2D eigenvalue weighted by atomic mass is 9.76. The number of alkyl halides is 1. The second kappa shape index (κ2) is 5.63. The second-order valence-corrected chi connectivity index (χ2v) is 6.33. The molecule has 0 aliphatic rings. The zero-order valence-corrected chi connectivity index (χ0v) is 13.0. The van der Waals surface area contributed by atoms with Crippen molar-refractivity contribution >= 4 is 31.9 Å². The van der Waals surface area contributed by atoms with Crippen LogP contribution in [-0.4, -0.2) is 5.33 Å². The Hall–Kier alpha value is 0.110. The van der Waals surface area contributed by atoms with Crippen molar-refractivity contribution < 1.29 is 4.39 Å². The summed E-state index contributed by atoms with van der Waals surface area (Å²) in [5.74, 6) is 0.386. The zero-order valence-electron chi connectivity index (χ0n) is 9.86. The van der Waals surface area contributed by atoms with Crippen molar-refractivity contribution in [1.82, 2.24) is 0 Å². The van der Waals surface area contributed by atoms with Gasteiger partial charge < -0.3 is 0 Å². The van der Waals surface area contributed by atoms with Gasteiger partial charge >= 0.3 is 0 Å². The van der Waals surface area contributed by atoms with Gasteiger partial charge in [-0.2, -0.15) is 0 Å². The third kappa shape index (κ3) is 3.30. The van der Waals surface area contributed by atoms with Gasteiger partial charge in [-0.15, -0.1) is 0 Å². The van der Waals surface area contributed by atoms with Crippen LogP contribution in [-0.2, 0) is 6.42 Å². The molecule has 1 atom stereocenters. The van der Waals surface area contributed by atoms with E-state index in [4.69, 9.17) is 0 Å². The maximum atomic E-state index is 13.7. The van der Waals surface area contributed by atoms with Crippen LogP contribution in [0.1, 0.15) is 26.3 Å². The second-order valence-electron chi connectivity index (χ2n) is 4.85. The van der Waals surface area contributed by atoms with Crippen LogP contribution in [0.2, 0.25) is 0 Å². The number of hydrogen-bond acceptors (Lipinski definition) is 0. The Morgan fingerprint density at radius 1 is 1.38 bits per heavy atom. The quantitative estimate of drug-likeness (QED) is 0.655. The molecule has 0 N–H and O–H groups in total. The molecule has 0 fully saturated rings. The average molecular weight is 352 g/mol. The predicted octanol–water partition coefficient (Wildman–Crippen LogP) is 5.19. The molecule has 0 bridgehead atoms. The van der Waals surface area contributed by atoms with Crippen molar-refractivity contribution in [3.05, 3.63) is 34.1 Å². The minimum absolute atomic E-state index is 0.0919. The van der Waals surface area contributed by atoms with Crippen LogP contribution in [0.4, 0.5) is 4.39 Å². The van der Waals surface area contributed by atoms with Crippen molar-refractivity contribution in [3.8, 4) is 0 Å². The molecule has 0 radical (unpaired) electrons. The van der Waals surface area contributed by atoms with Crippen molar-refractivity contribution in [2.45, 2.75) is 27.2 Å². The molecule has 0 heterocycles. The van der Waals surface area contributed by atoms with Crippen molar-refractivity contribution in [2.75, 3.05) is 5.33 Å². The van der Waals surface area contributed by atoms with Crippen LogP contribution in [0.15, 0.2) is 22.7 Å². The van der Waals surface area contributed by atoms with Crippen LogP contribution in [0, 0.1) is 17.2 Å². The third-order valence-corrected chi connectivity index (χ3v) is 5.08. The highest BCUT2D eigenvalue weighted by atomic mass is 79.9. The van der Waals surface area contributed by atoms with E-state index in [0.29, 0.717) is 5.92 Å². The minimum atomic E-state index is -0.123. The van der Waals surface area contributed by atoms with E-state index in [9.17, 15) is 4.39 Å². The van der Waals surface area contributed by atoms with Crippen molar-refractivity contribution in [3.63, 3.8) is 0 Å². The first kappa shape index (κ1) is 14.2. The fraction of sp³-hybridized carbons (Fsp3) is 0.538. The summed E-state index contributed by atoms with van der Waals surface area (Å²) in [4.78, 5) is 0. The molecule has 0 aliphatic heterocycles. The van der Waals surface area contributed by atoms with E-state index in [-0.39, 0.29) is 11.2 Å². The van der Waals surface area contributed by atoms with Crippen LogP contribution in [0.5, 0.6) is 0 Å². The highest BCUT2D eigenvalue weighted by molar-refractivity contribution is 9.10. The third-order valence-electron chi connectivity index (χ3n) is 3.31. The molecule has 1 aromatic rings. The van der Waals surface area contributed by atoms with Gasteiger partial charge in [-0.1, -0.05) is 58.7 Å². The molecule has 1 unspecified atom stereocenters. The molecule has 3 heteroatoms. The minimum Gasteiger partial charge on any atom is -0.207 e. The number of rotatable bonds is 4. The lowest BCUT2D eigenvalue weighted by Gasteiger charge is -2.32. The molecular weight excluding hydrogens is 335 g/mol. The summed E-state index contributed by atoms with van der Waals surface area (Å²) < 4.78 is 14.5. The Morgan fingerprint density at radius 2 is 2.00 bits per heavy atom. The fourth-order valence-corrected chi connectivity index (χ4v) is 2.68. The van der Waals surface area contributed by atoms with E-state index in [1.165, 1.54) is 6.07 Å². The highest BCUT2D eigenvalue weighted by Gasteiger charge is 2.28. The average Bonchev–Trinajstić information content (AvgIpc) is 2.22. The molecule has 0 aliphatic carbocycles. The normalized spacial score (nSPS) is 15.2. The van der Waals surface area contributed by atoms with Gasteiger partial charge in [0.05, 0.1) is 0 Å². The summed E-state index contributed by atoms with van der Waals surface area (Å²) >= 11 is 6.81. The van der Waals surface area contributed by atoms with Gasteiger partial charge in [0.2, 0.25) is 0 Å². The number of benzene rings is 1. The lowest BCUT2D eigenvalue weighted by Crippen LogP contribution is -2.28. The Labute approximate surface area is 114 Å². The standard InChI is InChI=1S/C13H17Br2F/c1-9(2)13(3,8-14)7-10-4-5-11(15)6-12(10)16/h4-6,9H,7-8H2,1-3H3. The van der Waals surface area contributed by atoms with Gasteiger partial charge in [0, 0.05) is 9.80 Å². The fourth-order valence-electron chi connectivity index (χ4n) is 1.51. The Morgan fingerprint density at radius 3 is 2.44 bits per heavy atom. The molecule has 1 rings (SSSR count). The smallest absolute Gasteiger partial charge is 0.127 e. The molecule has 0 amide bonds. The first-order valence-electron chi connectivity index (χ1n) is 5.39. The summed E-state index contributed by atoms with van der Waals surface area (Å²) in [6.07, 6.45) is 0.759. The number of hydrogen-bond donors (Lipinski definition) is 0. The molecule has 1 aromatic carbocycles. The highest BCUT2D eigenvalue weighted by Crippen LogP contribution is 2.34. The largest absolute Gasteiger partial charge is 0.207 e. The van der Waals surface area contributed by atoms with Gasteiger partial charge in [0.25, 0.3) is 0 Å². The van der Waals surface area contributed by atoms with Crippen LogP contribution < -0.4 is 0 Å². The Bertz CT molecular complexity index is 363. The molecule has 0 saturated heterocycles. The monoisotopic (exact) mass is 350 g/mol. The molecule has 0 saturated carbocycles. The molecule has 16 heavy (non-hydrogen) atoms. The summed E-state index contributed by atoms with van der Waals surface area (Å²) in [5.41, 5.74) is 0.883. The first-order valence-corrected chi connectivity index (χ1v) is 7.30. The molecule has 90 valence electrons. The van der Waals surface area contributed by atoms with Crippen LogP contribution in [0.25, 0.3) is 0 Å². The molecule has 0 spiro atoms. The van der Waals surface area contributed by atoms with Crippen molar-refractivity contribution in [1.29, 1.82) is 0 Å². The lowest BCUT2D eigenvalue weighted by molar-refractivity contribution is 0.255. The van der Waals surface area contributed by atoms with Gasteiger partial charge in [0.15, 0.2) is 0 Å².